The molecular formula is C19H24BrN. The molecule has 0 spiro atoms. The Balaban J connectivity index is 1.95. The van der Waals surface area contributed by atoms with Crippen LogP contribution < -0.4 is 4.90 Å². The number of alkyl halides is 1. The molecule has 112 valence electrons. The summed E-state index contributed by atoms with van der Waals surface area (Å²) in [5.74, 6) is 0. The van der Waals surface area contributed by atoms with Gasteiger partial charge < -0.3 is 4.90 Å². The molecule has 1 aliphatic rings. The van der Waals surface area contributed by atoms with E-state index in [2.05, 4.69) is 70.2 Å². The standard InChI is InChI=1S/C19H24BrN/c1-2-21(15-19(14-20)12-5-6-13-19)18-11-7-9-16-8-3-4-10-17(16)18/h3-4,7-11H,2,5-6,12-15H2,1H3. The van der Waals surface area contributed by atoms with Gasteiger partial charge >= 0.3 is 0 Å². The lowest BCUT2D eigenvalue weighted by Crippen LogP contribution is -2.37. The maximum absolute atomic E-state index is 3.79. The molecule has 2 aromatic rings. The van der Waals surface area contributed by atoms with Crippen molar-refractivity contribution in [2.45, 2.75) is 32.6 Å². The molecule has 0 radical (unpaired) electrons. The molecule has 0 unspecified atom stereocenters. The predicted molar refractivity (Wildman–Crippen MR) is 96.5 cm³/mol. The summed E-state index contributed by atoms with van der Waals surface area (Å²) in [7, 11) is 0. The molecule has 0 aromatic heterocycles. The number of nitrogens with zero attached hydrogens (tertiary/aromatic N) is 1. The second kappa shape index (κ2) is 6.39. The average Bonchev–Trinajstić information content (AvgIpc) is 3.01. The van der Waals surface area contributed by atoms with E-state index in [0.717, 1.165) is 11.9 Å². The molecule has 0 heterocycles. The minimum absolute atomic E-state index is 0.465. The Bertz CT molecular complexity index is 596. The van der Waals surface area contributed by atoms with Gasteiger partial charge in [0.05, 0.1) is 0 Å². The zero-order valence-electron chi connectivity index (χ0n) is 12.8. The smallest absolute Gasteiger partial charge is 0.0445 e. The summed E-state index contributed by atoms with van der Waals surface area (Å²) in [5.41, 5.74) is 1.86. The lowest BCUT2D eigenvalue weighted by Gasteiger charge is -2.35. The van der Waals surface area contributed by atoms with Gasteiger partial charge in [0.25, 0.3) is 0 Å². The van der Waals surface area contributed by atoms with Crippen LogP contribution in [0.1, 0.15) is 32.6 Å². The highest BCUT2D eigenvalue weighted by Crippen LogP contribution is 2.41. The lowest BCUT2D eigenvalue weighted by molar-refractivity contribution is 0.351. The first-order chi connectivity index (χ1) is 10.3. The second-order valence-corrected chi connectivity index (χ2v) is 6.91. The monoisotopic (exact) mass is 345 g/mol. The normalized spacial score (nSPS) is 17.2. The molecular weight excluding hydrogens is 322 g/mol. The van der Waals surface area contributed by atoms with E-state index < -0.39 is 0 Å². The molecule has 2 aromatic carbocycles. The third-order valence-corrected chi connectivity index (χ3v) is 6.15. The Labute approximate surface area is 136 Å². The van der Waals surface area contributed by atoms with Crippen molar-refractivity contribution in [3.63, 3.8) is 0 Å². The highest BCUT2D eigenvalue weighted by molar-refractivity contribution is 9.09. The first-order valence-electron chi connectivity index (χ1n) is 8.07. The zero-order chi connectivity index (χ0) is 14.7. The van der Waals surface area contributed by atoms with Gasteiger partial charge in [0.2, 0.25) is 0 Å². The fourth-order valence-corrected chi connectivity index (χ4v) is 4.45. The third-order valence-electron chi connectivity index (χ3n) is 4.96. The van der Waals surface area contributed by atoms with Crippen LogP contribution in [-0.4, -0.2) is 18.4 Å². The molecule has 0 bridgehead atoms. The molecule has 0 N–H and O–H groups in total. The molecule has 0 atom stereocenters. The molecule has 1 nitrogen and oxygen atoms in total. The Hall–Kier alpha value is -1.02. The van der Waals surface area contributed by atoms with E-state index in [1.54, 1.807) is 0 Å². The van der Waals surface area contributed by atoms with Gasteiger partial charge in [-0.25, -0.2) is 0 Å². The topological polar surface area (TPSA) is 3.24 Å². The van der Waals surface area contributed by atoms with E-state index in [1.165, 1.54) is 48.7 Å². The molecule has 0 saturated heterocycles. The summed E-state index contributed by atoms with van der Waals surface area (Å²) >= 11 is 3.79. The first-order valence-corrected chi connectivity index (χ1v) is 9.19. The van der Waals surface area contributed by atoms with Gasteiger partial charge in [-0.2, -0.15) is 0 Å². The minimum atomic E-state index is 0.465. The number of halogens is 1. The maximum atomic E-state index is 3.79. The van der Waals surface area contributed by atoms with Crippen LogP contribution in [0.5, 0.6) is 0 Å². The minimum Gasteiger partial charge on any atom is -0.371 e. The van der Waals surface area contributed by atoms with Crippen molar-refractivity contribution < 1.29 is 0 Å². The van der Waals surface area contributed by atoms with E-state index in [4.69, 9.17) is 0 Å². The van der Waals surface area contributed by atoms with Crippen LogP contribution >= 0.6 is 15.9 Å². The molecule has 1 fully saturated rings. The average molecular weight is 346 g/mol. The fourth-order valence-electron chi connectivity index (χ4n) is 3.72. The number of hydrogen-bond acceptors (Lipinski definition) is 1. The van der Waals surface area contributed by atoms with Gasteiger partial charge in [0.15, 0.2) is 0 Å². The second-order valence-electron chi connectivity index (χ2n) is 6.35. The zero-order valence-corrected chi connectivity index (χ0v) is 14.4. The van der Waals surface area contributed by atoms with E-state index in [-0.39, 0.29) is 0 Å². The SMILES string of the molecule is CCN(CC1(CBr)CCCC1)c1cccc2ccccc12. The van der Waals surface area contributed by atoms with Gasteiger partial charge in [0.1, 0.15) is 0 Å². The first kappa shape index (κ1) is 14.9. The van der Waals surface area contributed by atoms with Crippen molar-refractivity contribution in [1.82, 2.24) is 0 Å². The van der Waals surface area contributed by atoms with Gasteiger partial charge in [-0.1, -0.05) is 65.2 Å². The predicted octanol–water partition coefficient (Wildman–Crippen LogP) is 5.62. The van der Waals surface area contributed by atoms with Gasteiger partial charge in [-0.15, -0.1) is 0 Å². The van der Waals surface area contributed by atoms with Crippen LogP contribution in [0.15, 0.2) is 42.5 Å². The van der Waals surface area contributed by atoms with Crippen molar-refractivity contribution in [2.24, 2.45) is 5.41 Å². The lowest BCUT2D eigenvalue weighted by atomic mass is 9.87. The Morgan fingerprint density at radius 1 is 1.05 bits per heavy atom. The van der Waals surface area contributed by atoms with Crippen LogP contribution in [0, 0.1) is 5.41 Å². The summed E-state index contributed by atoms with van der Waals surface area (Å²) in [4.78, 5) is 2.58. The summed E-state index contributed by atoms with van der Waals surface area (Å²) in [5, 5.41) is 3.85. The number of rotatable bonds is 5. The molecule has 1 saturated carbocycles. The number of anilines is 1. The van der Waals surface area contributed by atoms with Crippen LogP contribution in [-0.2, 0) is 0 Å². The highest BCUT2D eigenvalue weighted by atomic mass is 79.9. The van der Waals surface area contributed by atoms with Crippen molar-refractivity contribution >= 4 is 32.4 Å². The number of hydrogen-bond donors (Lipinski definition) is 0. The summed E-state index contributed by atoms with van der Waals surface area (Å²) in [6.45, 7) is 4.52. The number of benzene rings is 2. The Morgan fingerprint density at radius 2 is 1.76 bits per heavy atom. The van der Waals surface area contributed by atoms with Crippen LogP contribution in [0.2, 0.25) is 0 Å². The van der Waals surface area contributed by atoms with E-state index in [1.807, 2.05) is 0 Å². The Kier molecular flexibility index (Phi) is 4.54. The summed E-state index contributed by atoms with van der Waals surface area (Å²) in [6.07, 6.45) is 5.50. The molecule has 21 heavy (non-hydrogen) atoms. The molecule has 0 amide bonds. The van der Waals surface area contributed by atoms with Crippen molar-refractivity contribution in [1.29, 1.82) is 0 Å². The molecule has 0 aliphatic heterocycles. The maximum Gasteiger partial charge on any atom is 0.0445 e. The van der Waals surface area contributed by atoms with Crippen LogP contribution in [0.3, 0.4) is 0 Å². The fraction of sp³-hybridized carbons (Fsp3) is 0.474. The van der Waals surface area contributed by atoms with Gasteiger partial charge in [-0.3, -0.25) is 0 Å². The van der Waals surface area contributed by atoms with Crippen molar-refractivity contribution in [2.75, 3.05) is 23.3 Å². The van der Waals surface area contributed by atoms with Crippen LogP contribution in [0.4, 0.5) is 5.69 Å². The molecule has 1 aliphatic carbocycles. The molecule has 3 rings (SSSR count). The third kappa shape index (κ3) is 2.96. The van der Waals surface area contributed by atoms with E-state index in [0.29, 0.717) is 5.41 Å². The van der Waals surface area contributed by atoms with Crippen molar-refractivity contribution in [3.05, 3.63) is 42.5 Å². The van der Waals surface area contributed by atoms with Gasteiger partial charge in [0, 0.05) is 29.5 Å². The van der Waals surface area contributed by atoms with Gasteiger partial charge in [-0.05, 0) is 36.6 Å². The largest absolute Gasteiger partial charge is 0.371 e. The van der Waals surface area contributed by atoms with Crippen LogP contribution in [0.25, 0.3) is 10.8 Å². The van der Waals surface area contributed by atoms with Crippen molar-refractivity contribution in [3.8, 4) is 0 Å². The summed E-state index contributed by atoms with van der Waals surface area (Å²) < 4.78 is 0. The number of fused-ring (bicyclic) bond motifs is 1. The van der Waals surface area contributed by atoms with E-state index >= 15 is 0 Å². The molecule has 2 heteroatoms. The van der Waals surface area contributed by atoms with E-state index in [9.17, 15) is 0 Å². The highest BCUT2D eigenvalue weighted by Gasteiger charge is 2.34. The Morgan fingerprint density at radius 3 is 2.48 bits per heavy atom. The summed E-state index contributed by atoms with van der Waals surface area (Å²) in [6, 6.07) is 15.4. The quantitative estimate of drug-likeness (QED) is 0.635.